The molecule has 0 saturated heterocycles. The van der Waals surface area contributed by atoms with Gasteiger partial charge in [-0.2, -0.15) is 0 Å². The summed E-state index contributed by atoms with van der Waals surface area (Å²) in [5, 5.41) is 4.69. The Morgan fingerprint density at radius 1 is 0.852 bits per heavy atom. The van der Waals surface area contributed by atoms with Crippen molar-refractivity contribution < 1.29 is 4.74 Å². The molecule has 2 aromatic heterocycles. The Kier molecular flexibility index (Phi) is 2.87. The minimum absolute atomic E-state index is 0.548. The lowest BCUT2D eigenvalue weighted by Gasteiger charge is -2.24. The first-order valence-electron chi connectivity index (χ1n) is 9.13. The van der Waals surface area contributed by atoms with Crippen LogP contribution in [0.5, 0.6) is 5.75 Å². The second kappa shape index (κ2) is 5.27. The summed E-state index contributed by atoms with van der Waals surface area (Å²) >= 11 is 0. The number of hydrogen-bond donors (Lipinski definition) is 0. The maximum absolute atomic E-state index is 6.14. The molecule has 3 heterocycles. The van der Waals surface area contributed by atoms with Crippen LogP contribution in [0.3, 0.4) is 0 Å². The molecule has 1 aliphatic heterocycles. The van der Waals surface area contributed by atoms with E-state index < -0.39 is 0 Å². The number of aryl methyl sites for hydroxylation is 1. The number of para-hydroxylation sites is 1. The molecular weight excluding hydrogens is 332 g/mol. The second-order valence-corrected chi connectivity index (χ2v) is 7.05. The van der Waals surface area contributed by atoms with E-state index in [0.717, 1.165) is 33.4 Å². The third-order valence-electron chi connectivity index (χ3n) is 5.60. The zero-order valence-electron chi connectivity index (χ0n) is 14.9. The standard InChI is InChI=1S/C24H16N2O/c1-14-18-13-27-21-11-10-15-6-2-3-7-16(15)23(21)24(18)26-20-12-25-19-9-5-4-8-17(19)22(14)20/h2-12H,13H2,1H3. The average molecular weight is 348 g/mol. The zero-order valence-corrected chi connectivity index (χ0v) is 14.9. The second-order valence-electron chi connectivity index (χ2n) is 7.05. The molecule has 128 valence electrons. The number of pyridine rings is 2. The van der Waals surface area contributed by atoms with Crippen molar-refractivity contribution in [2.24, 2.45) is 0 Å². The van der Waals surface area contributed by atoms with Gasteiger partial charge in [0.15, 0.2) is 0 Å². The van der Waals surface area contributed by atoms with Gasteiger partial charge in [0.25, 0.3) is 0 Å². The van der Waals surface area contributed by atoms with E-state index >= 15 is 0 Å². The van der Waals surface area contributed by atoms with Crippen molar-refractivity contribution >= 4 is 32.6 Å². The summed E-state index contributed by atoms with van der Waals surface area (Å²) in [4.78, 5) is 9.70. The van der Waals surface area contributed by atoms with Crippen molar-refractivity contribution in [2.75, 3.05) is 0 Å². The van der Waals surface area contributed by atoms with E-state index in [1.807, 2.05) is 18.3 Å². The monoisotopic (exact) mass is 348 g/mol. The zero-order chi connectivity index (χ0) is 18.0. The minimum atomic E-state index is 0.548. The maximum atomic E-state index is 6.14. The molecule has 27 heavy (non-hydrogen) atoms. The molecule has 0 amide bonds. The van der Waals surface area contributed by atoms with E-state index in [4.69, 9.17) is 9.72 Å². The van der Waals surface area contributed by atoms with Gasteiger partial charge in [0, 0.05) is 16.3 Å². The number of aromatic nitrogens is 2. The Bertz CT molecular complexity index is 1390. The molecule has 0 aliphatic carbocycles. The van der Waals surface area contributed by atoms with Crippen LogP contribution in [0.4, 0.5) is 0 Å². The molecule has 3 nitrogen and oxygen atoms in total. The fourth-order valence-corrected chi connectivity index (χ4v) is 4.28. The van der Waals surface area contributed by atoms with Crippen LogP contribution < -0.4 is 4.74 Å². The first-order valence-corrected chi connectivity index (χ1v) is 9.13. The van der Waals surface area contributed by atoms with E-state index in [1.54, 1.807) is 0 Å². The molecule has 6 rings (SSSR count). The van der Waals surface area contributed by atoms with Gasteiger partial charge in [-0.25, -0.2) is 4.98 Å². The van der Waals surface area contributed by atoms with Crippen LogP contribution in [0, 0.1) is 6.92 Å². The number of ether oxygens (including phenoxy) is 1. The summed E-state index contributed by atoms with van der Waals surface area (Å²) in [5.41, 5.74) is 6.45. The third-order valence-corrected chi connectivity index (χ3v) is 5.60. The molecule has 0 radical (unpaired) electrons. The van der Waals surface area contributed by atoms with Crippen molar-refractivity contribution in [1.82, 2.24) is 9.97 Å². The molecule has 3 aromatic carbocycles. The van der Waals surface area contributed by atoms with Gasteiger partial charge >= 0.3 is 0 Å². The summed E-state index contributed by atoms with van der Waals surface area (Å²) in [6, 6.07) is 20.8. The van der Waals surface area contributed by atoms with Crippen LogP contribution in [0.15, 0.2) is 66.9 Å². The molecule has 0 fully saturated rings. The fourth-order valence-electron chi connectivity index (χ4n) is 4.28. The average Bonchev–Trinajstić information content (AvgIpc) is 2.73. The number of benzene rings is 3. The Morgan fingerprint density at radius 2 is 1.67 bits per heavy atom. The Hall–Kier alpha value is -3.46. The van der Waals surface area contributed by atoms with Gasteiger partial charge in [0.05, 0.1) is 28.5 Å². The molecule has 0 spiro atoms. The van der Waals surface area contributed by atoms with Crippen LogP contribution in [-0.2, 0) is 6.61 Å². The van der Waals surface area contributed by atoms with Gasteiger partial charge in [-0.15, -0.1) is 0 Å². The molecule has 0 unspecified atom stereocenters. The Labute approximate surface area is 156 Å². The predicted octanol–water partition coefficient (Wildman–Crippen LogP) is 5.80. The topological polar surface area (TPSA) is 35.0 Å². The fraction of sp³-hybridized carbons (Fsp3) is 0.0833. The molecule has 0 atom stereocenters. The van der Waals surface area contributed by atoms with Gasteiger partial charge in [-0.1, -0.05) is 48.5 Å². The summed E-state index contributed by atoms with van der Waals surface area (Å²) in [6.45, 7) is 2.72. The third kappa shape index (κ3) is 1.97. The number of hydrogen-bond acceptors (Lipinski definition) is 3. The molecule has 3 heteroatoms. The SMILES string of the molecule is Cc1c2c(nc3cnc4ccccc4c13)-c1c(ccc3ccccc13)OC2. The van der Waals surface area contributed by atoms with Crippen molar-refractivity contribution in [3.05, 3.63) is 78.0 Å². The lowest BCUT2D eigenvalue weighted by atomic mass is 9.92. The number of rotatable bonds is 0. The van der Waals surface area contributed by atoms with Crippen LogP contribution >= 0.6 is 0 Å². The highest BCUT2D eigenvalue weighted by molar-refractivity contribution is 6.08. The van der Waals surface area contributed by atoms with E-state index in [9.17, 15) is 0 Å². The Morgan fingerprint density at radius 3 is 2.59 bits per heavy atom. The van der Waals surface area contributed by atoms with Gasteiger partial charge < -0.3 is 4.74 Å². The van der Waals surface area contributed by atoms with Crippen molar-refractivity contribution in [3.8, 4) is 17.0 Å². The van der Waals surface area contributed by atoms with Crippen molar-refractivity contribution in [1.29, 1.82) is 0 Å². The summed E-state index contributed by atoms with van der Waals surface area (Å²) in [5.74, 6) is 0.904. The molecule has 0 bridgehead atoms. The highest BCUT2D eigenvalue weighted by Gasteiger charge is 2.24. The predicted molar refractivity (Wildman–Crippen MR) is 109 cm³/mol. The summed E-state index contributed by atoms with van der Waals surface area (Å²) in [7, 11) is 0. The summed E-state index contributed by atoms with van der Waals surface area (Å²) < 4.78 is 6.14. The first-order chi connectivity index (χ1) is 13.3. The summed E-state index contributed by atoms with van der Waals surface area (Å²) in [6.07, 6.45) is 1.89. The smallest absolute Gasteiger partial charge is 0.129 e. The van der Waals surface area contributed by atoms with Gasteiger partial charge in [-0.3, -0.25) is 4.98 Å². The van der Waals surface area contributed by atoms with Crippen LogP contribution in [0.1, 0.15) is 11.1 Å². The normalized spacial score (nSPS) is 12.8. The van der Waals surface area contributed by atoms with E-state index in [2.05, 4.69) is 60.4 Å². The molecular formula is C24H16N2O. The quantitative estimate of drug-likeness (QED) is 0.332. The van der Waals surface area contributed by atoms with Crippen LogP contribution in [-0.4, -0.2) is 9.97 Å². The maximum Gasteiger partial charge on any atom is 0.129 e. The molecule has 0 saturated carbocycles. The van der Waals surface area contributed by atoms with Crippen LogP contribution in [0.25, 0.3) is 43.8 Å². The largest absolute Gasteiger partial charge is 0.488 e. The number of fused-ring (bicyclic) bond motifs is 8. The van der Waals surface area contributed by atoms with Gasteiger partial charge in [0.2, 0.25) is 0 Å². The first kappa shape index (κ1) is 14.7. The molecule has 0 N–H and O–H groups in total. The molecule has 1 aliphatic rings. The van der Waals surface area contributed by atoms with Crippen molar-refractivity contribution in [2.45, 2.75) is 13.5 Å². The lowest BCUT2D eigenvalue weighted by molar-refractivity contribution is 0.301. The molecule has 5 aromatic rings. The van der Waals surface area contributed by atoms with E-state index in [-0.39, 0.29) is 0 Å². The highest BCUT2D eigenvalue weighted by atomic mass is 16.5. The van der Waals surface area contributed by atoms with E-state index in [1.165, 1.54) is 27.3 Å². The van der Waals surface area contributed by atoms with Gasteiger partial charge in [-0.05, 0) is 35.4 Å². The highest BCUT2D eigenvalue weighted by Crippen LogP contribution is 2.44. The van der Waals surface area contributed by atoms with Crippen molar-refractivity contribution in [3.63, 3.8) is 0 Å². The minimum Gasteiger partial charge on any atom is -0.488 e. The van der Waals surface area contributed by atoms with Crippen LogP contribution in [0.2, 0.25) is 0 Å². The van der Waals surface area contributed by atoms with E-state index in [0.29, 0.717) is 6.61 Å². The van der Waals surface area contributed by atoms with Gasteiger partial charge in [0.1, 0.15) is 12.4 Å². The number of nitrogens with zero attached hydrogens (tertiary/aromatic N) is 2. The lowest BCUT2D eigenvalue weighted by Crippen LogP contribution is -2.10. The Balaban J connectivity index is 1.78.